The van der Waals surface area contributed by atoms with Crippen LogP contribution in [-0.2, 0) is 19.9 Å². The molecule has 6 nitrogen and oxygen atoms in total. The minimum Gasteiger partial charge on any atom is -0.385 e. The largest absolute Gasteiger partial charge is 0.385 e. The van der Waals surface area contributed by atoms with Gasteiger partial charge in [-0.3, -0.25) is 0 Å². The van der Waals surface area contributed by atoms with Gasteiger partial charge in [0, 0.05) is 18.8 Å². The summed E-state index contributed by atoms with van der Waals surface area (Å²) in [6, 6.07) is 11.4. The first kappa shape index (κ1) is 23.7. The highest BCUT2D eigenvalue weighted by atomic mass is 32.2. The predicted octanol–water partition coefficient (Wildman–Crippen LogP) is 3.82. The molecular formula is C22H29FN2O4S2. The third kappa shape index (κ3) is 6.51. The molecule has 0 aromatic heterocycles. The summed E-state index contributed by atoms with van der Waals surface area (Å²) in [5, 5.41) is 3.36. The number of benzene rings is 2. The summed E-state index contributed by atoms with van der Waals surface area (Å²) < 4.78 is 64.2. The summed E-state index contributed by atoms with van der Waals surface area (Å²) in [6.07, 6.45) is 4.05. The number of rotatable bonds is 9. The zero-order valence-corrected chi connectivity index (χ0v) is 19.2. The van der Waals surface area contributed by atoms with Crippen molar-refractivity contribution in [1.82, 2.24) is 4.72 Å². The average Bonchev–Trinajstić information content (AvgIpc) is 2.77. The Labute approximate surface area is 184 Å². The van der Waals surface area contributed by atoms with Crippen molar-refractivity contribution in [3.8, 4) is 0 Å². The zero-order chi connectivity index (χ0) is 22.5. The van der Waals surface area contributed by atoms with E-state index in [0.29, 0.717) is 18.4 Å². The second kappa shape index (κ2) is 10.1. The van der Waals surface area contributed by atoms with Gasteiger partial charge >= 0.3 is 0 Å². The Morgan fingerprint density at radius 2 is 1.29 bits per heavy atom. The Bertz CT molecular complexity index is 1060. The van der Waals surface area contributed by atoms with Gasteiger partial charge in [0.2, 0.25) is 19.9 Å². The lowest BCUT2D eigenvalue weighted by Crippen LogP contribution is -2.33. The Morgan fingerprint density at radius 1 is 0.806 bits per heavy atom. The standard InChI is InChI=1S/C22H29FN2O4S2/c1-2-30(26,27)25-16-18-5-3-17(4-6-18)15-24-20-9-13-22(14-10-20)31(28,29)21-11-7-19(23)8-12-21/h7-14,17-18,24-25H,2-6,15-16H2,1H3. The smallest absolute Gasteiger partial charge is 0.211 e. The molecule has 3 rings (SSSR count). The van der Waals surface area contributed by atoms with Crippen molar-refractivity contribution >= 4 is 25.5 Å². The number of sulfonamides is 1. The van der Waals surface area contributed by atoms with Crippen molar-refractivity contribution in [1.29, 1.82) is 0 Å². The number of anilines is 1. The Kier molecular flexibility index (Phi) is 7.72. The van der Waals surface area contributed by atoms with Crippen molar-refractivity contribution in [2.45, 2.75) is 42.4 Å². The van der Waals surface area contributed by atoms with Crippen LogP contribution in [0.1, 0.15) is 32.6 Å². The lowest BCUT2D eigenvalue weighted by atomic mass is 9.82. The van der Waals surface area contributed by atoms with Crippen molar-refractivity contribution < 1.29 is 21.2 Å². The van der Waals surface area contributed by atoms with E-state index in [1.54, 1.807) is 31.2 Å². The van der Waals surface area contributed by atoms with Crippen LogP contribution in [0.5, 0.6) is 0 Å². The molecule has 0 unspecified atom stereocenters. The second-order valence-electron chi connectivity index (χ2n) is 8.00. The van der Waals surface area contributed by atoms with Gasteiger partial charge in [-0.05, 0) is 93.0 Å². The van der Waals surface area contributed by atoms with Crippen LogP contribution >= 0.6 is 0 Å². The summed E-state index contributed by atoms with van der Waals surface area (Å²) in [5.41, 5.74) is 0.843. The van der Waals surface area contributed by atoms with E-state index in [-0.39, 0.29) is 15.5 Å². The van der Waals surface area contributed by atoms with Crippen molar-refractivity contribution in [2.24, 2.45) is 11.8 Å². The molecule has 1 aliphatic carbocycles. The van der Waals surface area contributed by atoms with Gasteiger partial charge in [-0.2, -0.15) is 0 Å². The van der Waals surface area contributed by atoms with Gasteiger partial charge in [0.05, 0.1) is 15.5 Å². The second-order valence-corrected chi connectivity index (χ2v) is 12.0. The highest BCUT2D eigenvalue weighted by molar-refractivity contribution is 7.91. The van der Waals surface area contributed by atoms with Gasteiger partial charge in [0.15, 0.2) is 0 Å². The minimum absolute atomic E-state index is 0.0626. The van der Waals surface area contributed by atoms with Crippen molar-refractivity contribution in [2.75, 3.05) is 24.2 Å². The first-order valence-corrected chi connectivity index (χ1v) is 13.6. The fraction of sp³-hybridized carbons (Fsp3) is 0.455. The van der Waals surface area contributed by atoms with E-state index >= 15 is 0 Å². The number of sulfone groups is 1. The molecule has 0 radical (unpaired) electrons. The van der Waals surface area contributed by atoms with Crippen LogP contribution in [0.15, 0.2) is 58.3 Å². The molecule has 0 spiro atoms. The molecule has 0 heterocycles. The van der Waals surface area contributed by atoms with E-state index < -0.39 is 25.7 Å². The van der Waals surface area contributed by atoms with Crippen LogP contribution in [0.3, 0.4) is 0 Å². The normalized spacial score (nSPS) is 19.8. The predicted molar refractivity (Wildman–Crippen MR) is 120 cm³/mol. The Balaban J connectivity index is 1.48. The molecule has 9 heteroatoms. The number of halogens is 1. The van der Waals surface area contributed by atoms with Gasteiger partial charge in [0.25, 0.3) is 0 Å². The monoisotopic (exact) mass is 468 g/mol. The van der Waals surface area contributed by atoms with E-state index in [1.165, 1.54) is 12.1 Å². The Hall–Kier alpha value is -1.97. The first-order valence-electron chi connectivity index (χ1n) is 10.5. The molecule has 170 valence electrons. The quantitative estimate of drug-likeness (QED) is 0.546. The summed E-state index contributed by atoms with van der Waals surface area (Å²) in [5.74, 6) is 0.515. The molecule has 1 saturated carbocycles. The molecule has 2 aromatic carbocycles. The third-order valence-electron chi connectivity index (χ3n) is 5.82. The number of hydrogen-bond acceptors (Lipinski definition) is 5. The highest BCUT2D eigenvalue weighted by Gasteiger charge is 2.22. The fourth-order valence-corrected chi connectivity index (χ4v) is 5.71. The first-order chi connectivity index (χ1) is 14.7. The van der Waals surface area contributed by atoms with Gasteiger partial charge in [-0.15, -0.1) is 0 Å². The number of hydrogen-bond donors (Lipinski definition) is 2. The van der Waals surface area contributed by atoms with E-state index in [2.05, 4.69) is 10.0 Å². The van der Waals surface area contributed by atoms with Gasteiger partial charge in [-0.1, -0.05) is 0 Å². The molecule has 2 N–H and O–H groups in total. The van der Waals surface area contributed by atoms with E-state index in [1.807, 2.05) is 0 Å². The van der Waals surface area contributed by atoms with Crippen LogP contribution < -0.4 is 10.0 Å². The number of nitrogens with one attached hydrogen (secondary N) is 2. The summed E-state index contributed by atoms with van der Waals surface area (Å²) in [6.45, 7) is 2.94. The maximum Gasteiger partial charge on any atom is 0.211 e. The van der Waals surface area contributed by atoms with Crippen molar-refractivity contribution in [3.05, 3.63) is 54.3 Å². The van der Waals surface area contributed by atoms with Crippen LogP contribution in [0.2, 0.25) is 0 Å². The molecule has 0 aliphatic heterocycles. The van der Waals surface area contributed by atoms with Crippen LogP contribution in [0.25, 0.3) is 0 Å². The molecule has 0 amide bonds. The third-order valence-corrected chi connectivity index (χ3v) is 8.97. The lowest BCUT2D eigenvalue weighted by molar-refractivity contribution is 0.284. The highest BCUT2D eigenvalue weighted by Crippen LogP contribution is 2.29. The molecule has 0 bridgehead atoms. The average molecular weight is 469 g/mol. The maximum absolute atomic E-state index is 13.1. The minimum atomic E-state index is -3.68. The zero-order valence-electron chi connectivity index (χ0n) is 17.6. The van der Waals surface area contributed by atoms with Gasteiger partial charge < -0.3 is 5.32 Å². The van der Waals surface area contributed by atoms with Crippen LogP contribution in [0, 0.1) is 17.7 Å². The van der Waals surface area contributed by atoms with Crippen molar-refractivity contribution in [3.63, 3.8) is 0 Å². The van der Waals surface area contributed by atoms with E-state index in [9.17, 15) is 21.2 Å². The Morgan fingerprint density at radius 3 is 1.81 bits per heavy atom. The molecule has 1 aliphatic rings. The van der Waals surface area contributed by atoms with Crippen LogP contribution in [-0.4, -0.2) is 35.7 Å². The van der Waals surface area contributed by atoms with Crippen LogP contribution in [0.4, 0.5) is 10.1 Å². The van der Waals surface area contributed by atoms with E-state index in [4.69, 9.17) is 0 Å². The topological polar surface area (TPSA) is 92.3 Å². The molecule has 0 saturated heterocycles. The summed E-state index contributed by atoms with van der Waals surface area (Å²) in [7, 11) is -6.81. The maximum atomic E-state index is 13.1. The van der Waals surface area contributed by atoms with Gasteiger partial charge in [-0.25, -0.2) is 25.9 Å². The molecule has 1 fully saturated rings. The molecule has 0 atom stereocenters. The fourth-order valence-electron chi connectivity index (χ4n) is 3.75. The molecule has 31 heavy (non-hydrogen) atoms. The van der Waals surface area contributed by atoms with Gasteiger partial charge in [0.1, 0.15) is 5.82 Å². The SMILES string of the molecule is CCS(=O)(=O)NCC1CCC(CNc2ccc(S(=O)(=O)c3ccc(F)cc3)cc2)CC1. The molecule has 2 aromatic rings. The van der Waals surface area contributed by atoms with E-state index in [0.717, 1.165) is 50.0 Å². The lowest BCUT2D eigenvalue weighted by Gasteiger charge is -2.29. The molecular weight excluding hydrogens is 439 g/mol. The summed E-state index contributed by atoms with van der Waals surface area (Å²) in [4.78, 5) is 0.229. The summed E-state index contributed by atoms with van der Waals surface area (Å²) >= 11 is 0.